The molecule has 7 heteroatoms. The van der Waals surface area contributed by atoms with Crippen molar-refractivity contribution < 1.29 is 4.79 Å². The average Bonchev–Trinajstić information content (AvgIpc) is 3.09. The lowest BCUT2D eigenvalue weighted by atomic mass is 10.1. The molecule has 2 aromatic rings. The number of pyridine rings is 1. The van der Waals surface area contributed by atoms with Gasteiger partial charge in [0.05, 0.1) is 11.7 Å². The van der Waals surface area contributed by atoms with Crippen LogP contribution in [-0.2, 0) is 0 Å². The number of amides is 2. The van der Waals surface area contributed by atoms with Gasteiger partial charge in [-0.3, -0.25) is 0 Å². The number of benzene rings is 1. The van der Waals surface area contributed by atoms with E-state index in [4.69, 9.17) is 23.2 Å². The highest BCUT2D eigenvalue weighted by molar-refractivity contribution is 6.35. The predicted octanol–water partition coefficient (Wildman–Crippen LogP) is 4.87. The minimum absolute atomic E-state index is 0.253. The molecular weight excluding hydrogens is 359 g/mol. The molecule has 5 nitrogen and oxygen atoms in total. The fraction of sp³-hybridized carbons (Fsp3) is 0.333. The van der Waals surface area contributed by atoms with Crippen molar-refractivity contribution in [3.8, 4) is 0 Å². The molecule has 2 heterocycles. The standard InChI is InChI=1S/C18H20Cl2N4O/c1-12(14-7-6-13(19)11-15(14)20)22-18(25)23-16-5-4-8-21-17(16)24-9-2-3-10-24/h4-8,11-12H,2-3,9-10H2,1H3,(H2,22,23,25). The van der Waals surface area contributed by atoms with Crippen LogP contribution in [0, 0.1) is 0 Å². The third-order valence-corrected chi connectivity index (χ3v) is 4.78. The molecule has 132 valence electrons. The Morgan fingerprint density at radius 1 is 1.24 bits per heavy atom. The summed E-state index contributed by atoms with van der Waals surface area (Å²) >= 11 is 12.1. The molecule has 3 rings (SSSR count). The van der Waals surface area contributed by atoms with E-state index in [1.807, 2.05) is 25.1 Å². The van der Waals surface area contributed by atoms with Gasteiger partial charge in [-0.1, -0.05) is 29.3 Å². The summed E-state index contributed by atoms with van der Waals surface area (Å²) in [6.07, 6.45) is 4.04. The maximum absolute atomic E-state index is 12.4. The van der Waals surface area contributed by atoms with E-state index in [-0.39, 0.29) is 12.1 Å². The third kappa shape index (κ3) is 4.35. The third-order valence-electron chi connectivity index (χ3n) is 4.22. The van der Waals surface area contributed by atoms with Gasteiger partial charge >= 0.3 is 6.03 Å². The summed E-state index contributed by atoms with van der Waals surface area (Å²) in [6.45, 7) is 3.80. The molecule has 0 radical (unpaired) electrons. The normalized spacial score (nSPS) is 15.1. The zero-order valence-electron chi connectivity index (χ0n) is 13.9. The van der Waals surface area contributed by atoms with Crippen molar-refractivity contribution >= 4 is 40.7 Å². The highest BCUT2D eigenvalue weighted by Crippen LogP contribution is 2.28. The number of nitrogens with one attached hydrogen (secondary N) is 2. The summed E-state index contributed by atoms with van der Waals surface area (Å²) in [6, 6.07) is 8.36. The molecule has 0 bridgehead atoms. The van der Waals surface area contributed by atoms with Gasteiger partial charge in [0.25, 0.3) is 0 Å². The Bertz CT molecular complexity index is 762. The highest BCUT2D eigenvalue weighted by Gasteiger charge is 2.19. The summed E-state index contributed by atoms with van der Waals surface area (Å²) in [5, 5.41) is 6.89. The smallest absolute Gasteiger partial charge is 0.319 e. The van der Waals surface area contributed by atoms with Crippen molar-refractivity contribution in [1.29, 1.82) is 0 Å². The van der Waals surface area contributed by atoms with Gasteiger partial charge in [0.15, 0.2) is 5.82 Å². The van der Waals surface area contributed by atoms with Crippen LogP contribution in [0.1, 0.15) is 31.4 Å². The number of hydrogen-bond donors (Lipinski definition) is 2. The van der Waals surface area contributed by atoms with Crippen LogP contribution in [-0.4, -0.2) is 24.1 Å². The molecule has 1 saturated heterocycles. The number of nitrogens with zero attached hydrogens (tertiary/aromatic N) is 2. The van der Waals surface area contributed by atoms with E-state index in [9.17, 15) is 4.79 Å². The van der Waals surface area contributed by atoms with Gasteiger partial charge in [-0.25, -0.2) is 9.78 Å². The first-order chi connectivity index (χ1) is 12.0. The average molecular weight is 379 g/mol. The number of carbonyl (C=O) groups excluding carboxylic acids is 1. The molecule has 1 fully saturated rings. The van der Waals surface area contributed by atoms with E-state index in [0.717, 1.165) is 37.3 Å². The van der Waals surface area contributed by atoms with Gasteiger partial charge in [-0.2, -0.15) is 0 Å². The van der Waals surface area contributed by atoms with Crippen LogP contribution in [0.3, 0.4) is 0 Å². The molecule has 0 aliphatic carbocycles. The van der Waals surface area contributed by atoms with Crippen LogP contribution in [0.15, 0.2) is 36.5 Å². The number of anilines is 2. The lowest BCUT2D eigenvalue weighted by Crippen LogP contribution is -2.32. The topological polar surface area (TPSA) is 57.3 Å². The first kappa shape index (κ1) is 17.8. The van der Waals surface area contributed by atoms with Crippen molar-refractivity contribution in [2.75, 3.05) is 23.3 Å². The SMILES string of the molecule is CC(NC(=O)Nc1cccnc1N1CCCC1)c1ccc(Cl)cc1Cl. The number of halogens is 2. The summed E-state index contributed by atoms with van der Waals surface area (Å²) in [4.78, 5) is 19.0. The Kier molecular flexibility index (Phi) is 5.66. The van der Waals surface area contributed by atoms with Gasteiger partial charge < -0.3 is 15.5 Å². The molecule has 1 atom stereocenters. The Labute approximate surface area is 157 Å². The Balaban J connectivity index is 1.68. The predicted molar refractivity (Wildman–Crippen MR) is 103 cm³/mol. The summed E-state index contributed by atoms with van der Waals surface area (Å²) in [5.41, 5.74) is 1.52. The quantitative estimate of drug-likeness (QED) is 0.797. The maximum atomic E-state index is 12.4. The van der Waals surface area contributed by atoms with Gasteiger partial charge in [0.1, 0.15) is 0 Å². The second kappa shape index (κ2) is 7.93. The van der Waals surface area contributed by atoms with Crippen molar-refractivity contribution in [1.82, 2.24) is 10.3 Å². The van der Waals surface area contributed by atoms with Crippen molar-refractivity contribution in [2.24, 2.45) is 0 Å². The van der Waals surface area contributed by atoms with Crippen molar-refractivity contribution in [3.05, 3.63) is 52.1 Å². The highest BCUT2D eigenvalue weighted by atomic mass is 35.5. The van der Waals surface area contributed by atoms with Crippen LogP contribution < -0.4 is 15.5 Å². The van der Waals surface area contributed by atoms with E-state index in [1.165, 1.54) is 0 Å². The van der Waals surface area contributed by atoms with Gasteiger partial charge in [0, 0.05) is 29.3 Å². The van der Waals surface area contributed by atoms with E-state index < -0.39 is 0 Å². The van der Waals surface area contributed by atoms with E-state index in [2.05, 4.69) is 20.5 Å². The van der Waals surface area contributed by atoms with E-state index in [0.29, 0.717) is 15.7 Å². The molecule has 0 spiro atoms. The number of urea groups is 1. The van der Waals surface area contributed by atoms with Crippen LogP contribution in [0.4, 0.5) is 16.3 Å². The van der Waals surface area contributed by atoms with Crippen LogP contribution >= 0.6 is 23.2 Å². The largest absolute Gasteiger partial charge is 0.355 e. The molecule has 1 aliphatic rings. The van der Waals surface area contributed by atoms with E-state index >= 15 is 0 Å². The fourth-order valence-corrected chi connectivity index (χ4v) is 3.53. The summed E-state index contributed by atoms with van der Waals surface area (Å²) < 4.78 is 0. The van der Waals surface area contributed by atoms with Crippen LogP contribution in [0.5, 0.6) is 0 Å². The van der Waals surface area contributed by atoms with Crippen molar-refractivity contribution in [3.63, 3.8) is 0 Å². The number of hydrogen-bond acceptors (Lipinski definition) is 3. The molecule has 1 unspecified atom stereocenters. The minimum atomic E-state index is -0.299. The lowest BCUT2D eigenvalue weighted by molar-refractivity contribution is 0.249. The first-order valence-electron chi connectivity index (χ1n) is 8.27. The molecule has 25 heavy (non-hydrogen) atoms. The Morgan fingerprint density at radius 2 is 2.00 bits per heavy atom. The zero-order chi connectivity index (χ0) is 17.8. The van der Waals surface area contributed by atoms with Gasteiger partial charge in [0.2, 0.25) is 0 Å². The first-order valence-corrected chi connectivity index (χ1v) is 9.02. The molecule has 0 saturated carbocycles. The Hall–Kier alpha value is -1.98. The Morgan fingerprint density at radius 3 is 2.72 bits per heavy atom. The van der Waals surface area contributed by atoms with Crippen LogP contribution in [0.25, 0.3) is 0 Å². The fourth-order valence-electron chi connectivity index (χ4n) is 2.96. The minimum Gasteiger partial charge on any atom is -0.355 e. The van der Waals surface area contributed by atoms with Crippen LogP contribution in [0.2, 0.25) is 10.0 Å². The number of rotatable bonds is 4. The molecule has 1 aliphatic heterocycles. The molecular formula is C18H20Cl2N4O. The second-order valence-electron chi connectivity index (χ2n) is 6.05. The molecule has 2 amide bonds. The van der Waals surface area contributed by atoms with Crippen molar-refractivity contribution in [2.45, 2.75) is 25.8 Å². The number of aromatic nitrogens is 1. The molecule has 1 aromatic heterocycles. The molecule has 2 N–H and O–H groups in total. The zero-order valence-corrected chi connectivity index (χ0v) is 15.4. The maximum Gasteiger partial charge on any atom is 0.319 e. The molecule has 1 aromatic carbocycles. The monoisotopic (exact) mass is 378 g/mol. The van der Waals surface area contributed by atoms with E-state index in [1.54, 1.807) is 18.3 Å². The second-order valence-corrected chi connectivity index (χ2v) is 6.90. The summed E-state index contributed by atoms with van der Waals surface area (Å²) in [7, 11) is 0. The number of carbonyl (C=O) groups is 1. The lowest BCUT2D eigenvalue weighted by Gasteiger charge is -2.21. The van der Waals surface area contributed by atoms with Gasteiger partial charge in [-0.15, -0.1) is 0 Å². The summed E-state index contributed by atoms with van der Waals surface area (Å²) in [5.74, 6) is 0.812. The van der Waals surface area contributed by atoms with Gasteiger partial charge in [-0.05, 0) is 49.6 Å².